The molecular formula is C11H4F2N2. The minimum atomic E-state index is -0.946. The van der Waals surface area contributed by atoms with E-state index >= 15 is 0 Å². The van der Waals surface area contributed by atoms with Gasteiger partial charge in [0.2, 0.25) is 0 Å². The summed E-state index contributed by atoms with van der Waals surface area (Å²) >= 11 is 0. The Labute approximate surface area is 85.4 Å². The Balaban J connectivity index is 3.13. The van der Waals surface area contributed by atoms with Crippen molar-refractivity contribution < 1.29 is 8.78 Å². The molecule has 1 aromatic rings. The van der Waals surface area contributed by atoms with Crippen molar-refractivity contribution in [2.24, 2.45) is 0 Å². The van der Waals surface area contributed by atoms with Crippen LogP contribution in [0.25, 0.3) is 0 Å². The molecule has 0 spiro atoms. The van der Waals surface area contributed by atoms with Crippen LogP contribution in [-0.4, -0.2) is 0 Å². The van der Waals surface area contributed by atoms with Crippen LogP contribution in [0.4, 0.5) is 8.78 Å². The molecule has 0 saturated carbocycles. The van der Waals surface area contributed by atoms with Gasteiger partial charge >= 0.3 is 0 Å². The number of benzene rings is 1. The minimum absolute atomic E-state index is 0.0107. The van der Waals surface area contributed by atoms with Gasteiger partial charge in [-0.1, -0.05) is 11.8 Å². The molecule has 72 valence electrons. The zero-order chi connectivity index (χ0) is 11.3. The SMILES string of the molecule is N#CCC#Cc1cc(F)c(C#N)c(F)c1. The van der Waals surface area contributed by atoms with E-state index < -0.39 is 17.2 Å². The fraction of sp³-hybridized carbons (Fsp3) is 0.0909. The Morgan fingerprint density at radius 1 is 1.13 bits per heavy atom. The molecule has 15 heavy (non-hydrogen) atoms. The molecule has 1 aromatic carbocycles. The molecule has 0 atom stereocenters. The molecule has 0 unspecified atom stereocenters. The predicted molar refractivity (Wildman–Crippen MR) is 48.2 cm³/mol. The second-order valence-electron chi connectivity index (χ2n) is 2.56. The van der Waals surface area contributed by atoms with Crippen molar-refractivity contribution in [1.29, 1.82) is 10.5 Å². The van der Waals surface area contributed by atoms with E-state index in [4.69, 9.17) is 10.5 Å². The van der Waals surface area contributed by atoms with Crippen LogP contribution >= 0.6 is 0 Å². The third-order valence-corrected chi connectivity index (χ3v) is 1.55. The average Bonchev–Trinajstić information content (AvgIpc) is 2.18. The van der Waals surface area contributed by atoms with Crippen LogP contribution in [-0.2, 0) is 0 Å². The summed E-state index contributed by atoms with van der Waals surface area (Å²) in [4.78, 5) is 0. The molecule has 0 aliphatic rings. The molecular weight excluding hydrogens is 198 g/mol. The Morgan fingerprint density at radius 3 is 2.20 bits per heavy atom. The molecule has 0 aromatic heterocycles. The summed E-state index contributed by atoms with van der Waals surface area (Å²) < 4.78 is 26.1. The van der Waals surface area contributed by atoms with Gasteiger partial charge < -0.3 is 0 Å². The molecule has 1 rings (SSSR count). The van der Waals surface area contributed by atoms with Crippen molar-refractivity contribution in [1.82, 2.24) is 0 Å². The van der Waals surface area contributed by atoms with Crippen LogP contribution in [0.2, 0.25) is 0 Å². The summed E-state index contributed by atoms with van der Waals surface area (Å²) in [7, 11) is 0. The van der Waals surface area contributed by atoms with Gasteiger partial charge in [0, 0.05) is 5.56 Å². The summed E-state index contributed by atoms with van der Waals surface area (Å²) in [6.45, 7) is 0. The van der Waals surface area contributed by atoms with E-state index in [1.807, 2.05) is 0 Å². The van der Waals surface area contributed by atoms with E-state index in [0.29, 0.717) is 0 Å². The normalized spacial score (nSPS) is 8.27. The van der Waals surface area contributed by atoms with Crippen LogP contribution in [0.1, 0.15) is 17.5 Å². The van der Waals surface area contributed by atoms with Crippen LogP contribution in [0.15, 0.2) is 12.1 Å². The lowest BCUT2D eigenvalue weighted by Crippen LogP contribution is -1.91. The Bertz CT molecular complexity index is 501. The summed E-state index contributed by atoms with van der Waals surface area (Å²) in [5.74, 6) is 2.94. The van der Waals surface area contributed by atoms with Gasteiger partial charge in [-0.05, 0) is 12.1 Å². The smallest absolute Gasteiger partial charge is 0.145 e. The number of hydrogen-bond acceptors (Lipinski definition) is 2. The minimum Gasteiger partial charge on any atom is -0.205 e. The first-order chi connectivity index (χ1) is 7.19. The zero-order valence-electron chi connectivity index (χ0n) is 7.51. The Morgan fingerprint density at radius 2 is 1.73 bits per heavy atom. The fourth-order valence-electron chi connectivity index (χ4n) is 0.938. The van der Waals surface area contributed by atoms with Gasteiger partial charge in [-0.3, -0.25) is 0 Å². The third-order valence-electron chi connectivity index (χ3n) is 1.55. The lowest BCUT2D eigenvalue weighted by Gasteiger charge is -1.96. The molecule has 0 heterocycles. The maximum absolute atomic E-state index is 13.0. The highest BCUT2D eigenvalue weighted by molar-refractivity contribution is 5.42. The highest BCUT2D eigenvalue weighted by Gasteiger charge is 2.09. The van der Waals surface area contributed by atoms with Gasteiger partial charge in [-0.25, -0.2) is 8.78 Å². The van der Waals surface area contributed by atoms with Crippen molar-refractivity contribution in [3.8, 4) is 24.0 Å². The van der Waals surface area contributed by atoms with Gasteiger partial charge in [-0.15, -0.1) is 0 Å². The highest BCUT2D eigenvalue weighted by atomic mass is 19.1. The van der Waals surface area contributed by atoms with Crippen LogP contribution < -0.4 is 0 Å². The largest absolute Gasteiger partial charge is 0.205 e. The van der Waals surface area contributed by atoms with Gasteiger partial charge in [-0.2, -0.15) is 10.5 Å². The van der Waals surface area contributed by atoms with E-state index in [2.05, 4.69) is 11.8 Å². The van der Waals surface area contributed by atoms with Gasteiger partial charge in [0.25, 0.3) is 0 Å². The number of rotatable bonds is 0. The average molecular weight is 202 g/mol. The van der Waals surface area contributed by atoms with Crippen LogP contribution in [0.5, 0.6) is 0 Å². The lowest BCUT2D eigenvalue weighted by atomic mass is 10.1. The molecule has 0 radical (unpaired) electrons. The van der Waals surface area contributed by atoms with E-state index in [9.17, 15) is 8.78 Å². The van der Waals surface area contributed by atoms with Crippen molar-refractivity contribution in [2.75, 3.05) is 0 Å². The highest BCUT2D eigenvalue weighted by Crippen LogP contribution is 2.13. The molecule has 0 aliphatic carbocycles. The molecule has 0 fully saturated rings. The molecule has 0 amide bonds. The van der Waals surface area contributed by atoms with E-state index in [-0.39, 0.29) is 12.0 Å². The molecule has 0 saturated heterocycles. The van der Waals surface area contributed by atoms with Crippen LogP contribution in [0.3, 0.4) is 0 Å². The second kappa shape index (κ2) is 4.74. The number of hydrogen-bond donors (Lipinski definition) is 0. The topological polar surface area (TPSA) is 47.6 Å². The van der Waals surface area contributed by atoms with Crippen molar-refractivity contribution >= 4 is 0 Å². The third kappa shape index (κ3) is 2.53. The summed E-state index contributed by atoms with van der Waals surface area (Å²) in [5, 5.41) is 16.6. The lowest BCUT2D eigenvalue weighted by molar-refractivity contribution is 0.576. The summed E-state index contributed by atoms with van der Waals surface area (Å²) in [6.07, 6.45) is -0.0107. The second-order valence-corrected chi connectivity index (χ2v) is 2.56. The zero-order valence-corrected chi connectivity index (χ0v) is 7.51. The van der Waals surface area contributed by atoms with Gasteiger partial charge in [0.15, 0.2) is 0 Å². The molecule has 2 nitrogen and oxygen atoms in total. The van der Waals surface area contributed by atoms with E-state index in [1.165, 1.54) is 6.07 Å². The molecule has 0 N–H and O–H groups in total. The number of nitrogens with zero attached hydrogens (tertiary/aromatic N) is 2. The first-order valence-corrected chi connectivity index (χ1v) is 3.94. The standard InChI is InChI=1S/C11H4F2N2/c12-10-5-8(3-1-2-4-14)6-11(13)9(10)7-15/h5-6H,2H2. The van der Waals surface area contributed by atoms with Crippen LogP contribution in [0, 0.1) is 46.1 Å². The van der Waals surface area contributed by atoms with E-state index in [0.717, 1.165) is 12.1 Å². The maximum atomic E-state index is 13.0. The molecule has 4 heteroatoms. The monoisotopic (exact) mass is 202 g/mol. The van der Waals surface area contributed by atoms with E-state index in [1.54, 1.807) is 6.07 Å². The first-order valence-electron chi connectivity index (χ1n) is 3.94. The maximum Gasteiger partial charge on any atom is 0.145 e. The van der Waals surface area contributed by atoms with Crippen molar-refractivity contribution in [3.05, 3.63) is 34.9 Å². The molecule has 0 bridgehead atoms. The van der Waals surface area contributed by atoms with Crippen molar-refractivity contribution in [3.63, 3.8) is 0 Å². The van der Waals surface area contributed by atoms with Crippen molar-refractivity contribution in [2.45, 2.75) is 6.42 Å². The predicted octanol–water partition coefficient (Wildman–Crippen LogP) is 2.10. The number of halogens is 2. The fourth-order valence-corrected chi connectivity index (χ4v) is 0.938. The van der Waals surface area contributed by atoms with Gasteiger partial charge in [0.05, 0.1) is 12.5 Å². The summed E-state index contributed by atoms with van der Waals surface area (Å²) in [6, 6.07) is 5.11. The quantitative estimate of drug-likeness (QED) is 0.605. The Kier molecular flexibility index (Phi) is 3.38. The first kappa shape index (κ1) is 10.7. The summed E-state index contributed by atoms with van der Waals surface area (Å²) in [5.41, 5.74) is -0.514. The Hall–Kier alpha value is -2.38. The number of nitriles is 2. The molecule has 0 aliphatic heterocycles. The van der Waals surface area contributed by atoms with Gasteiger partial charge in [0.1, 0.15) is 23.3 Å².